The van der Waals surface area contributed by atoms with Gasteiger partial charge in [0.15, 0.2) is 0 Å². The summed E-state index contributed by atoms with van der Waals surface area (Å²) in [6.45, 7) is 0. The Kier molecular flexibility index (Phi) is 4.90. The molecule has 0 fully saturated rings. The summed E-state index contributed by atoms with van der Waals surface area (Å²) >= 11 is 0. The van der Waals surface area contributed by atoms with E-state index in [4.69, 9.17) is 10.5 Å². The van der Waals surface area contributed by atoms with Gasteiger partial charge < -0.3 is 10.5 Å². The van der Waals surface area contributed by atoms with Crippen LogP contribution in [0.3, 0.4) is 0 Å². The molecule has 0 saturated carbocycles. The quantitative estimate of drug-likeness (QED) is 0.653. The summed E-state index contributed by atoms with van der Waals surface area (Å²) in [5.41, 5.74) is 8.10. The van der Waals surface area contributed by atoms with Crippen LogP contribution >= 0.6 is 0 Å². The van der Waals surface area contributed by atoms with Gasteiger partial charge in [-0.1, -0.05) is 30.3 Å². The molecule has 2 aromatic rings. The number of nitrogens with two attached hydrogens (primary N) is 1. The Hall–Kier alpha value is -2.40. The molecule has 0 radical (unpaired) electrons. The monoisotopic (exact) mass is 286 g/mol. The number of hydrogen-bond donors (Lipinski definition) is 1. The molecule has 0 spiro atoms. The van der Waals surface area contributed by atoms with E-state index in [-0.39, 0.29) is 11.7 Å². The van der Waals surface area contributed by atoms with E-state index < -0.39 is 4.92 Å². The number of nitro benzene ring substituents is 1. The lowest BCUT2D eigenvalue weighted by atomic mass is 9.99. The van der Waals surface area contributed by atoms with Gasteiger partial charge in [-0.3, -0.25) is 10.1 Å². The first-order valence-corrected chi connectivity index (χ1v) is 6.73. The Balaban J connectivity index is 2.09. The van der Waals surface area contributed by atoms with Gasteiger partial charge in [-0.05, 0) is 30.0 Å². The summed E-state index contributed by atoms with van der Waals surface area (Å²) in [5, 5.41) is 10.9. The number of ether oxygens (including phenoxy) is 1. The first kappa shape index (κ1) is 15.0. The molecule has 0 aromatic heterocycles. The third-order valence-corrected chi connectivity index (χ3v) is 3.37. The number of non-ortho nitro benzene ring substituents is 1. The zero-order valence-electron chi connectivity index (χ0n) is 11.9. The fourth-order valence-electron chi connectivity index (χ4n) is 2.20. The van der Waals surface area contributed by atoms with Gasteiger partial charge in [0.05, 0.1) is 18.1 Å². The number of aryl methyl sites for hydroxylation is 1. The van der Waals surface area contributed by atoms with E-state index >= 15 is 0 Å². The highest BCUT2D eigenvalue weighted by atomic mass is 16.6. The van der Waals surface area contributed by atoms with E-state index in [1.807, 2.05) is 36.4 Å². The van der Waals surface area contributed by atoms with E-state index in [2.05, 4.69) is 0 Å². The van der Waals surface area contributed by atoms with Crippen LogP contribution in [0.15, 0.2) is 48.5 Å². The highest BCUT2D eigenvalue weighted by molar-refractivity contribution is 5.43. The molecule has 110 valence electrons. The minimum Gasteiger partial charge on any atom is -0.496 e. The van der Waals surface area contributed by atoms with Gasteiger partial charge in [0, 0.05) is 12.1 Å². The average molecular weight is 286 g/mol. The van der Waals surface area contributed by atoms with Gasteiger partial charge in [-0.25, -0.2) is 0 Å². The molecule has 5 heteroatoms. The molecule has 0 heterocycles. The van der Waals surface area contributed by atoms with Crippen LogP contribution in [0.4, 0.5) is 5.69 Å². The molecular weight excluding hydrogens is 268 g/mol. The van der Waals surface area contributed by atoms with Gasteiger partial charge in [-0.2, -0.15) is 0 Å². The van der Waals surface area contributed by atoms with Crippen LogP contribution in [-0.2, 0) is 6.42 Å². The fourth-order valence-corrected chi connectivity index (χ4v) is 2.20. The first-order valence-electron chi connectivity index (χ1n) is 6.73. The third kappa shape index (κ3) is 4.03. The van der Waals surface area contributed by atoms with E-state index in [1.165, 1.54) is 13.2 Å². The van der Waals surface area contributed by atoms with Crippen LogP contribution in [0.25, 0.3) is 0 Å². The first-order chi connectivity index (χ1) is 10.1. The minimum absolute atomic E-state index is 0.0395. The lowest BCUT2D eigenvalue weighted by Crippen LogP contribution is -2.11. The smallest absolute Gasteiger partial charge is 0.273 e. The normalized spacial score (nSPS) is 11.9. The Labute approximate surface area is 123 Å². The van der Waals surface area contributed by atoms with Gasteiger partial charge >= 0.3 is 0 Å². The number of rotatable bonds is 6. The number of hydrogen-bond acceptors (Lipinski definition) is 4. The Morgan fingerprint density at radius 1 is 1.24 bits per heavy atom. The molecule has 1 unspecified atom stereocenters. The van der Waals surface area contributed by atoms with E-state index in [1.54, 1.807) is 6.07 Å². The van der Waals surface area contributed by atoms with E-state index in [0.717, 1.165) is 11.1 Å². The maximum Gasteiger partial charge on any atom is 0.273 e. The molecule has 0 aliphatic heterocycles. The standard InChI is InChI=1S/C16H18N2O3/c1-21-15-10-12(9-14(11-15)18(19)20)7-8-16(17)13-5-3-2-4-6-13/h2-6,9-11,16H,7-8,17H2,1H3. The van der Waals surface area contributed by atoms with Crippen LogP contribution in [0.2, 0.25) is 0 Å². The summed E-state index contributed by atoms with van der Waals surface area (Å²) in [6, 6.07) is 14.5. The predicted octanol–water partition coefficient (Wildman–Crippen LogP) is 3.24. The molecule has 5 nitrogen and oxygen atoms in total. The van der Waals surface area contributed by atoms with Crippen molar-refractivity contribution in [1.29, 1.82) is 0 Å². The van der Waals surface area contributed by atoms with Crippen molar-refractivity contribution in [3.05, 3.63) is 69.8 Å². The molecule has 0 aliphatic carbocycles. The van der Waals surface area contributed by atoms with Crippen LogP contribution in [0.5, 0.6) is 5.75 Å². The second-order valence-electron chi connectivity index (χ2n) is 4.85. The Morgan fingerprint density at radius 2 is 1.95 bits per heavy atom. The van der Waals surface area contributed by atoms with Gasteiger partial charge in [0.2, 0.25) is 0 Å². The maximum absolute atomic E-state index is 10.9. The molecular formula is C16H18N2O3. The SMILES string of the molecule is COc1cc(CCC(N)c2ccccc2)cc([N+](=O)[O-])c1. The van der Waals surface area contributed by atoms with Crippen LogP contribution in [-0.4, -0.2) is 12.0 Å². The molecule has 0 amide bonds. The molecule has 2 N–H and O–H groups in total. The highest BCUT2D eigenvalue weighted by Gasteiger charge is 2.12. The number of benzene rings is 2. The third-order valence-electron chi connectivity index (χ3n) is 3.37. The van der Waals surface area contributed by atoms with Crippen molar-refractivity contribution in [1.82, 2.24) is 0 Å². The van der Waals surface area contributed by atoms with Crippen LogP contribution in [0, 0.1) is 10.1 Å². The number of nitrogens with zero attached hydrogens (tertiary/aromatic N) is 1. The summed E-state index contributed by atoms with van der Waals surface area (Å²) in [4.78, 5) is 10.5. The van der Waals surface area contributed by atoms with Gasteiger partial charge in [-0.15, -0.1) is 0 Å². The molecule has 21 heavy (non-hydrogen) atoms. The van der Waals surface area contributed by atoms with Gasteiger partial charge in [0.1, 0.15) is 5.75 Å². The minimum atomic E-state index is -0.414. The van der Waals surface area contributed by atoms with Crippen molar-refractivity contribution in [2.45, 2.75) is 18.9 Å². The van der Waals surface area contributed by atoms with E-state index in [9.17, 15) is 10.1 Å². The molecule has 0 bridgehead atoms. The summed E-state index contributed by atoms with van der Waals surface area (Å²) in [5.74, 6) is 0.493. The molecule has 2 rings (SSSR count). The van der Waals surface area contributed by atoms with Crippen molar-refractivity contribution in [2.24, 2.45) is 5.73 Å². The van der Waals surface area contributed by atoms with Crippen molar-refractivity contribution >= 4 is 5.69 Å². The summed E-state index contributed by atoms with van der Waals surface area (Å²) in [7, 11) is 1.50. The molecule has 2 aromatic carbocycles. The largest absolute Gasteiger partial charge is 0.496 e. The van der Waals surface area contributed by atoms with Crippen molar-refractivity contribution in [3.63, 3.8) is 0 Å². The van der Waals surface area contributed by atoms with Crippen LogP contribution in [0.1, 0.15) is 23.6 Å². The topological polar surface area (TPSA) is 78.4 Å². The average Bonchev–Trinajstić information content (AvgIpc) is 2.53. The second-order valence-corrected chi connectivity index (χ2v) is 4.85. The second kappa shape index (κ2) is 6.85. The number of nitro groups is 1. The zero-order valence-corrected chi connectivity index (χ0v) is 11.9. The number of methoxy groups -OCH3 is 1. The Morgan fingerprint density at radius 3 is 2.57 bits per heavy atom. The predicted molar refractivity (Wildman–Crippen MR) is 81.3 cm³/mol. The molecule has 0 saturated heterocycles. The zero-order chi connectivity index (χ0) is 15.2. The molecule has 1 atom stereocenters. The van der Waals surface area contributed by atoms with Crippen LogP contribution < -0.4 is 10.5 Å². The van der Waals surface area contributed by atoms with Crippen molar-refractivity contribution in [3.8, 4) is 5.75 Å². The lowest BCUT2D eigenvalue weighted by molar-refractivity contribution is -0.385. The maximum atomic E-state index is 10.9. The van der Waals surface area contributed by atoms with Gasteiger partial charge in [0.25, 0.3) is 5.69 Å². The van der Waals surface area contributed by atoms with Crippen molar-refractivity contribution < 1.29 is 9.66 Å². The Bertz CT molecular complexity index is 614. The lowest BCUT2D eigenvalue weighted by Gasteiger charge is -2.12. The highest BCUT2D eigenvalue weighted by Crippen LogP contribution is 2.25. The molecule has 0 aliphatic rings. The summed E-state index contributed by atoms with van der Waals surface area (Å²) in [6.07, 6.45) is 1.38. The van der Waals surface area contributed by atoms with Crippen molar-refractivity contribution in [2.75, 3.05) is 7.11 Å². The fraction of sp³-hybridized carbons (Fsp3) is 0.250. The van der Waals surface area contributed by atoms with E-state index in [0.29, 0.717) is 18.6 Å². The summed E-state index contributed by atoms with van der Waals surface area (Å²) < 4.78 is 5.10.